The number of carbonyl (C=O) groups is 8. The number of thioether (sulfide) groups is 1. The summed E-state index contributed by atoms with van der Waals surface area (Å²) in [4.78, 5) is 113. The first kappa shape index (κ1) is 74.9. The van der Waals surface area contributed by atoms with Gasteiger partial charge in [0.15, 0.2) is 10.7 Å². The summed E-state index contributed by atoms with van der Waals surface area (Å²) in [6, 6.07) is 26.6. The smallest absolute Gasteiger partial charge is 0.315 e. The Morgan fingerprint density at radius 1 is 0.635 bits per heavy atom. The van der Waals surface area contributed by atoms with Crippen LogP contribution < -0.4 is 42.5 Å². The number of unbranched alkanes of at least 4 members (excludes halogenated alkanes) is 9. The van der Waals surface area contributed by atoms with Crippen molar-refractivity contribution in [2.75, 3.05) is 39.0 Å². The lowest BCUT2D eigenvalue weighted by Gasteiger charge is -2.22. The summed E-state index contributed by atoms with van der Waals surface area (Å²) in [6.07, 6.45) is 11.8. The number of fused-ring (bicyclic) bond motifs is 1. The summed E-state index contributed by atoms with van der Waals surface area (Å²) in [6.45, 7) is 3.91. The molecule has 2 saturated heterocycles. The lowest BCUT2D eigenvalue weighted by molar-refractivity contribution is -0.387. The molecular weight excluding hydrogens is 1270 g/mol. The summed E-state index contributed by atoms with van der Waals surface area (Å²) in [5.74, 6) is -3.14. The van der Waals surface area contributed by atoms with Crippen molar-refractivity contribution in [2.45, 2.75) is 170 Å². The van der Waals surface area contributed by atoms with Gasteiger partial charge in [0.1, 0.15) is 29.5 Å². The molecule has 0 saturated carbocycles. The highest BCUT2D eigenvalue weighted by molar-refractivity contribution is 8.00. The van der Waals surface area contributed by atoms with Gasteiger partial charge in [-0.3, -0.25) is 43.7 Å². The van der Waals surface area contributed by atoms with Gasteiger partial charge < -0.3 is 42.5 Å². The third-order valence-corrected chi connectivity index (χ3v) is 20.3. The van der Waals surface area contributed by atoms with Gasteiger partial charge in [-0.2, -0.15) is 11.8 Å². The van der Waals surface area contributed by atoms with Gasteiger partial charge in [-0.1, -0.05) is 117 Å². The molecule has 0 unspecified atom stereocenters. The molecule has 2 heterocycles. The predicted molar refractivity (Wildman–Crippen MR) is 362 cm³/mol. The molecule has 96 heavy (non-hydrogen) atoms. The first-order chi connectivity index (χ1) is 46.1. The topological polar surface area (TPSA) is 313 Å². The Bertz CT molecular complexity index is 3570. The van der Waals surface area contributed by atoms with Crippen molar-refractivity contribution in [1.29, 1.82) is 0 Å². The normalized spacial score (nSPS) is 15.6. The SMILES string of the molecule is C[C@H](NC(=O)[C@@H](NC(=O)Cc1cc(F)cc(F)c1)c1ccccc1)C(=O)NCc1ccc(C(=O)c2ccc(CNCCCCCC(=O)NCCCCCCCN(C)S(=O)(=O)c3ccc(C(=O)NCCCCCC(=O)CCCC[C@@H]4SC[C@@H]5NC(=O)N[C@@H]54)cc3[N+](=O)[O-])cc2)cc1. The predicted octanol–water partition coefficient (Wildman–Crippen LogP) is 8.95. The fraction of sp³-hybridized carbons (Fsp3) is 0.457. The number of nitro benzene ring substituents is 1. The van der Waals surface area contributed by atoms with Gasteiger partial charge in [-0.25, -0.2) is 26.3 Å². The molecule has 2 fully saturated rings. The van der Waals surface area contributed by atoms with Crippen molar-refractivity contribution in [1.82, 2.24) is 46.8 Å². The molecule has 0 spiro atoms. The van der Waals surface area contributed by atoms with E-state index in [0.29, 0.717) is 105 Å². The minimum absolute atomic E-state index is 0.0152. The van der Waals surface area contributed by atoms with Gasteiger partial charge in [-0.05, 0) is 111 Å². The number of ketones is 2. The number of carbonyl (C=O) groups excluding carboxylic acids is 8. The van der Waals surface area contributed by atoms with E-state index < -0.39 is 72.9 Å². The van der Waals surface area contributed by atoms with E-state index in [1.807, 2.05) is 23.9 Å². The summed E-state index contributed by atoms with van der Waals surface area (Å²) in [5.41, 5.74) is 2.48. The van der Waals surface area contributed by atoms with Crippen LogP contribution in [0.5, 0.6) is 0 Å². The summed E-state index contributed by atoms with van der Waals surface area (Å²) >= 11 is 1.86. The molecule has 5 atom stereocenters. The van der Waals surface area contributed by atoms with Gasteiger partial charge in [-0.15, -0.1) is 0 Å². The number of benzene rings is 5. The Labute approximate surface area is 564 Å². The maximum Gasteiger partial charge on any atom is 0.315 e. The van der Waals surface area contributed by atoms with E-state index in [0.717, 1.165) is 104 Å². The van der Waals surface area contributed by atoms with Gasteiger partial charge in [0.25, 0.3) is 11.6 Å². The average molecular weight is 1360 g/mol. The first-order valence-electron chi connectivity index (χ1n) is 33.0. The molecule has 26 heteroatoms. The van der Waals surface area contributed by atoms with E-state index in [-0.39, 0.29) is 66.2 Å². The van der Waals surface area contributed by atoms with Crippen LogP contribution in [0, 0.1) is 21.7 Å². The Balaban J connectivity index is 0.679. The van der Waals surface area contributed by atoms with Crippen LogP contribution in [0.1, 0.15) is 171 Å². The second kappa shape index (κ2) is 38.3. The number of halogens is 2. The number of nitro groups is 1. The molecule has 5 aromatic rings. The molecule has 7 rings (SSSR count). The van der Waals surface area contributed by atoms with Crippen LogP contribution in [0.15, 0.2) is 120 Å². The highest BCUT2D eigenvalue weighted by atomic mass is 32.2. The molecule has 2 aliphatic rings. The largest absolute Gasteiger partial charge is 0.356 e. The fourth-order valence-electron chi connectivity index (χ4n) is 11.4. The highest BCUT2D eigenvalue weighted by Crippen LogP contribution is 2.34. The van der Waals surface area contributed by atoms with Crippen molar-refractivity contribution in [3.8, 4) is 0 Å². The molecule has 5 aromatic carbocycles. The molecule has 8 N–H and O–H groups in total. The Morgan fingerprint density at radius 3 is 1.91 bits per heavy atom. The van der Waals surface area contributed by atoms with Gasteiger partial charge >= 0.3 is 6.03 Å². The third kappa shape index (κ3) is 24.0. The maximum atomic E-state index is 13.7. The molecule has 0 radical (unpaired) electrons. The second-order valence-corrected chi connectivity index (χ2v) is 27.7. The fourth-order valence-corrected chi connectivity index (χ4v) is 14.3. The lowest BCUT2D eigenvalue weighted by Crippen LogP contribution is -2.49. The highest BCUT2D eigenvalue weighted by Gasteiger charge is 2.42. The van der Waals surface area contributed by atoms with Crippen LogP contribution in [-0.2, 0) is 53.5 Å². The lowest BCUT2D eigenvalue weighted by atomic mass is 10.0. The van der Waals surface area contributed by atoms with Crippen LogP contribution in [0.25, 0.3) is 0 Å². The molecular formula is C70H88F2N10O12S2. The van der Waals surface area contributed by atoms with Crippen molar-refractivity contribution < 1.29 is 60.5 Å². The number of sulfonamides is 1. The van der Waals surface area contributed by atoms with Crippen LogP contribution in [0.2, 0.25) is 0 Å². The number of hydrogen-bond donors (Lipinski definition) is 8. The monoisotopic (exact) mass is 1360 g/mol. The third-order valence-electron chi connectivity index (χ3n) is 16.9. The summed E-state index contributed by atoms with van der Waals surface area (Å²) in [5, 5.41) is 35.5. The van der Waals surface area contributed by atoms with E-state index in [2.05, 4.69) is 42.5 Å². The minimum atomic E-state index is -4.24. The number of urea groups is 1. The van der Waals surface area contributed by atoms with Crippen LogP contribution >= 0.6 is 11.8 Å². The second-order valence-electron chi connectivity index (χ2n) is 24.4. The van der Waals surface area contributed by atoms with Crippen LogP contribution in [0.3, 0.4) is 0 Å². The van der Waals surface area contributed by atoms with Gasteiger partial charge in [0.05, 0.1) is 23.4 Å². The van der Waals surface area contributed by atoms with Crippen LogP contribution in [-0.4, -0.2) is 127 Å². The molecule has 0 aliphatic carbocycles. The zero-order chi connectivity index (χ0) is 69.0. The van der Waals surface area contributed by atoms with E-state index in [1.165, 1.54) is 20.0 Å². The minimum Gasteiger partial charge on any atom is -0.356 e. The number of nitrogens with zero attached hydrogens (tertiary/aromatic N) is 2. The molecule has 0 bridgehead atoms. The Kier molecular flexibility index (Phi) is 29.9. The Morgan fingerprint density at radius 2 is 1.23 bits per heavy atom. The zero-order valence-electron chi connectivity index (χ0n) is 54.4. The van der Waals surface area contributed by atoms with Crippen molar-refractivity contribution in [3.63, 3.8) is 0 Å². The molecule has 516 valence electrons. The van der Waals surface area contributed by atoms with Crippen molar-refractivity contribution >= 4 is 74.6 Å². The molecule has 7 amide bonds. The quantitative estimate of drug-likeness (QED) is 0.00595. The maximum absolute atomic E-state index is 13.7. The average Bonchev–Trinajstić information content (AvgIpc) is 0.966. The molecule has 2 aliphatic heterocycles. The van der Waals surface area contributed by atoms with Crippen molar-refractivity contribution in [2.24, 2.45) is 0 Å². The number of amides is 7. The standard InChI is InChI=1S/C70H88F2N10O12S2/c1-47(77-69(89)64(51-19-9-6-10-20-51)79-63(85)41-50-39-55(71)43-56(72)40-50)67(87)76-45-49-27-31-53(32-28-49)66(86)52-29-25-48(26-30-52)44-73-35-15-8-12-24-62(84)74-36-16-4-3-5-18-38-81(2)96(93,94)61-34-33-54(42-59(61)82(91)92)68(88)75-37-17-7-11-21-57(83)22-13-14-23-60-65-58(46-95-60)78-70(90)80-65/h6,9-10,19-20,25-34,39-40,42-43,47,58,60,64-65,73H,3-5,7-8,11-18,21-24,35-38,41,44-46H2,1-2H3,(H,74,84)(H,75,88)(H,76,87)(H,77,89)(H,79,85)(H2,78,80,90)/t47-,58-,60-,64-,65-/m0/s1. The van der Waals surface area contributed by atoms with E-state index >= 15 is 0 Å². The number of nitrogens with one attached hydrogen (secondary N) is 8. The number of rotatable bonds is 42. The first-order valence-corrected chi connectivity index (χ1v) is 35.4. The zero-order valence-corrected chi connectivity index (χ0v) is 56.0. The van der Waals surface area contributed by atoms with E-state index in [4.69, 9.17) is 0 Å². The Hall–Kier alpha value is -8.46. The van der Waals surface area contributed by atoms with E-state index in [1.54, 1.807) is 66.7 Å². The number of Topliss-reactive ketones (excluding diaryl/α,β-unsaturated/α-hetero) is 1. The van der Waals surface area contributed by atoms with Crippen molar-refractivity contribution in [3.05, 3.63) is 176 Å². The van der Waals surface area contributed by atoms with Crippen LogP contribution in [0.4, 0.5) is 19.3 Å². The van der Waals surface area contributed by atoms with E-state index in [9.17, 15) is 65.7 Å². The van der Waals surface area contributed by atoms with Gasteiger partial charge in [0, 0.05) is 98.9 Å². The number of hydrogen-bond acceptors (Lipinski definition) is 14. The van der Waals surface area contributed by atoms with Gasteiger partial charge in [0.2, 0.25) is 33.7 Å². The summed E-state index contributed by atoms with van der Waals surface area (Å²) < 4.78 is 55.5. The molecule has 0 aromatic heterocycles. The molecule has 22 nitrogen and oxygen atoms in total. The summed E-state index contributed by atoms with van der Waals surface area (Å²) in [7, 11) is -2.87.